The molecule has 0 saturated heterocycles. The van der Waals surface area contributed by atoms with Gasteiger partial charge in [0.1, 0.15) is 5.75 Å². The molecule has 0 saturated carbocycles. The summed E-state index contributed by atoms with van der Waals surface area (Å²) >= 11 is 0. The highest BCUT2D eigenvalue weighted by Crippen LogP contribution is 2.19. The molecule has 0 aromatic heterocycles. The first-order valence-electron chi connectivity index (χ1n) is 9.21. The average molecular weight is 410 g/mol. The summed E-state index contributed by atoms with van der Waals surface area (Å²) in [6, 6.07) is 19.9. The van der Waals surface area contributed by atoms with Crippen molar-refractivity contribution >= 4 is 17.5 Å². The third-order valence-corrected chi connectivity index (χ3v) is 4.39. The third-order valence-electron chi connectivity index (χ3n) is 4.39. The molecule has 3 aromatic carbocycles. The maximum absolute atomic E-state index is 12.5. The lowest BCUT2D eigenvalue weighted by Gasteiger charge is -2.11. The molecule has 2 amide bonds. The minimum Gasteiger partial charge on any atom is -0.435 e. The molecule has 0 aliphatic rings. The summed E-state index contributed by atoms with van der Waals surface area (Å²) in [7, 11) is 0. The van der Waals surface area contributed by atoms with Gasteiger partial charge < -0.3 is 15.4 Å². The number of carbonyl (C=O) groups is 2. The number of rotatable bonds is 7. The SMILES string of the molecule is Cc1ccc(C(=O)NCc2ccc(OC(F)F)cc2)cc1NC(=O)c1ccccc1. The van der Waals surface area contributed by atoms with Crippen LogP contribution >= 0.6 is 0 Å². The Bertz CT molecular complexity index is 1020. The summed E-state index contributed by atoms with van der Waals surface area (Å²) < 4.78 is 28.7. The van der Waals surface area contributed by atoms with Gasteiger partial charge in [-0.2, -0.15) is 8.78 Å². The summed E-state index contributed by atoms with van der Waals surface area (Å²) in [5.74, 6) is -0.530. The molecule has 7 heteroatoms. The predicted octanol–water partition coefficient (Wildman–Crippen LogP) is 4.78. The lowest BCUT2D eigenvalue weighted by molar-refractivity contribution is -0.0498. The van der Waals surface area contributed by atoms with Crippen LogP contribution in [0.25, 0.3) is 0 Å². The van der Waals surface area contributed by atoms with Crippen molar-refractivity contribution in [1.29, 1.82) is 0 Å². The second-order valence-corrected chi connectivity index (χ2v) is 6.55. The normalized spacial score (nSPS) is 10.5. The van der Waals surface area contributed by atoms with E-state index in [0.29, 0.717) is 16.8 Å². The van der Waals surface area contributed by atoms with Crippen molar-refractivity contribution in [3.63, 3.8) is 0 Å². The molecule has 154 valence electrons. The van der Waals surface area contributed by atoms with E-state index >= 15 is 0 Å². The van der Waals surface area contributed by atoms with Gasteiger partial charge in [-0.15, -0.1) is 0 Å². The average Bonchev–Trinajstić information content (AvgIpc) is 2.74. The molecule has 0 spiro atoms. The number of hydrogen-bond acceptors (Lipinski definition) is 3. The van der Waals surface area contributed by atoms with Crippen LogP contribution in [0.2, 0.25) is 0 Å². The fraction of sp³-hybridized carbons (Fsp3) is 0.130. The molecule has 30 heavy (non-hydrogen) atoms. The van der Waals surface area contributed by atoms with Crippen LogP contribution in [0.1, 0.15) is 31.8 Å². The number of aryl methyl sites for hydroxylation is 1. The predicted molar refractivity (Wildman–Crippen MR) is 110 cm³/mol. The largest absolute Gasteiger partial charge is 0.435 e. The van der Waals surface area contributed by atoms with Gasteiger partial charge in [0, 0.05) is 23.4 Å². The van der Waals surface area contributed by atoms with Crippen molar-refractivity contribution in [2.45, 2.75) is 20.1 Å². The van der Waals surface area contributed by atoms with Crippen molar-refractivity contribution in [2.75, 3.05) is 5.32 Å². The maximum Gasteiger partial charge on any atom is 0.387 e. The van der Waals surface area contributed by atoms with Crippen LogP contribution in [0.4, 0.5) is 14.5 Å². The van der Waals surface area contributed by atoms with E-state index in [1.807, 2.05) is 13.0 Å². The number of halogens is 2. The summed E-state index contributed by atoms with van der Waals surface area (Å²) in [4.78, 5) is 24.9. The van der Waals surface area contributed by atoms with Gasteiger partial charge in [-0.05, 0) is 54.4 Å². The number of benzene rings is 3. The fourth-order valence-electron chi connectivity index (χ4n) is 2.76. The van der Waals surface area contributed by atoms with Gasteiger partial charge in [0.05, 0.1) is 0 Å². The molecule has 0 heterocycles. The number of hydrogen-bond donors (Lipinski definition) is 2. The molecule has 5 nitrogen and oxygen atoms in total. The number of nitrogens with one attached hydrogen (secondary N) is 2. The van der Waals surface area contributed by atoms with Crippen molar-refractivity contribution in [3.8, 4) is 5.75 Å². The number of anilines is 1. The zero-order valence-corrected chi connectivity index (χ0v) is 16.2. The van der Waals surface area contributed by atoms with Gasteiger partial charge in [-0.1, -0.05) is 36.4 Å². The molecule has 0 bridgehead atoms. The number of amides is 2. The van der Waals surface area contributed by atoms with E-state index in [9.17, 15) is 18.4 Å². The topological polar surface area (TPSA) is 67.4 Å². The summed E-state index contributed by atoms with van der Waals surface area (Å²) in [6.45, 7) is -0.827. The maximum atomic E-state index is 12.5. The van der Waals surface area contributed by atoms with E-state index in [1.54, 1.807) is 54.6 Å². The second kappa shape index (κ2) is 9.65. The quantitative estimate of drug-likeness (QED) is 0.589. The van der Waals surface area contributed by atoms with E-state index in [0.717, 1.165) is 11.1 Å². The van der Waals surface area contributed by atoms with Crippen LogP contribution in [0, 0.1) is 6.92 Å². The summed E-state index contributed by atoms with van der Waals surface area (Å²) in [6.07, 6.45) is 0. The number of ether oxygens (including phenoxy) is 1. The molecule has 3 rings (SSSR count). The van der Waals surface area contributed by atoms with Crippen LogP contribution in [0.5, 0.6) is 5.75 Å². The first-order valence-corrected chi connectivity index (χ1v) is 9.21. The third kappa shape index (κ3) is 5.64. The molecule has 2 N–H and O–H groups in total. The van der Waals surface area contributed by atoms with E-state index in [-0.39, 0.29) is 24.1 Å². The Balaban J connectivity index is 1.63. The second-order valence-electron chi connectivity index (χ2n) is 6.55. The van der Waals surface area contributed by atoms with Crippen molar-refractivity contribution in [2.24, 2.45) is 0 Å². The summed E-state index contributed by atoms with van der Waals surface area (Å²) in [5.41, 5.74) is 3.01. The van der Waals surface area contributed by atoms with Crippen molar-refractivity contribution in [3.05, 3.63) is 95.1 Å². The van der Waals surface area contributed by atoms with E-state index < -0.39 is 6.61 Å². The van der Waals surface area contributed by atoms with Gasteiger partial charge in [0.25, 0.3) is 11.8 Å². The highest BCUT2D eigenvalue weighted by molar-refractivity contribution is 6.05. The van der Waals surface area contributed by atoms with Crippen LogP contribution in [0.15, 0.2) is 72.8 Å². The lowest BCUT2D eigenvalue weighted by Crippen LogP contribution is -2.23. The highest BCUT2D eigenvalue weighted by Gasteiger charge is 2.12. The van der Waals surface area contributed by atoms with Gasteiger partial charge in [0.2, 0.25) is 0 Å². The smallest absolute Gasteiger partial charge is 0.387 e. The Morgan fingerprint density at radius 1 is 0.900 bits per heavy atom. The lowest BCUT2D eigenvalue weighted by atomic mass is 10.1. The summed E-state index contributed by atoms with van der Waals surface area (Å²) in [5, 5.41) is 5.59. The minimum atomic E-state index is -2.88. The van der Waals surface area contributed by atoms with Crippen LogP contribution in [0.3, 0.4) is 0 Å². The molecule has 0 fully saturated rings. The van der Waals surface area contributed by atoms with Crippen LogP contribution in [-0.4, -0.2) is 18.4 Å². The number of alkyl halides is 2. The Morgan fingerprint density at radius 2 is 1.60 bits per heavy atom. The Labute approximate surface area is 172 Å². The van der Waals surface area contributed by atoms with Crippen molar-refractivity contribution < 1.29 is 23.1 Å². The fourth-order valence-corrected chi connectivity index (χ4v) is 2.76. The van der Waals surface area contributed by atoms with Crippen LogP contribution < -0.4 is 15.4 Å². The van der Waals surface area contributed by atoms with Gasteiger partial charge in [-0.3, -0.25) is 9.59 Å². The Hall–Kier alpha value is -3.74. The van der Waals surface area contributed by atoms with Gasteiger partial charge in [-0.25, -0.2) is 0 Å². The van der Waals surface area contributed by atoms with Crippen molar-refractivity contribution in [1.82, 2.24) is 5.32 Å². The molecular weight excluding hydrogens is 390 g/mol. The Kier molecular flexibility index (Phi) is 6.75. The monoisotopic (exact) mass is 410 g/mol. The van der Waals surface area contributed by atoms with E-state index in [2.05, 4.69) is 15.4 Å². The molecular formula is C23H20F2N2O3. The number of carbonyl (C=O) groups excluding carboxylic acids is 2. The van der Waals surface area contributed by atoms with Gasteiger partial charge in [0.15, 0.2) is 0 Å². The first-order chi connectivity index (χ1) is 14.4. The molecule has 0 atom stereocenters. The van der Waals surface area contributed by atoms with Gasteiger partial charge >= 0.3 is 6.61 Å². The molecule has 0 aliphatic heterocycles. The first kappa shape index (κ1) is 21.0. The molecule has 0 unspecified atom stereocenters. The molecule has 3 aromatic rings. The van der Waals surface area contributed by atoms with E-state index in [4.69, 9.17) is 0 Å². The molecule has 0 radical (unpaired) electrons. The van der Waals surface area contributed by atoms with E-state index in [1.165, 1.54) is 12.1 Å². The standard InChI is InChI=1S/C23H20F2N2O3/c1-15-7-10-18(13-20(15)27-22(29)17-5-3-2-4-6-17)21(28)26-14-16-8-11-19(12-9-16)30-23(24)25/h2-13,23H,14H2,1H3,(H,26,28)(H,27,29). The van der Waals surface area contributed by atoms with Crippen LogP contribution in [-0.2, 0) is 6.54 Å². The minimum absolute atomic E-state index is 0.0532. The Morgan fingerprint density at radius 3 is 2.27 bits per heavy atom. The zero-order chi connectivity index (χ0) is 21.5. The zero-order valence-electron chi connectivity index (χ0n) is 16.2. The highest BCUT2D eigenvalue weighted by atomic mass is 19.3. The molecule has 0 aliphatic carbocycles.